The minimum absolute atomic E-state index is 0.0932. The zero-order valence-electron chi connectivity index (χ0n) is 16.6. The van der Waals surface area contributed by atoms with Gasteiger partial charge in [-0.1, -0.05) is 44.2 Å². The monoisotopic (exact) mass is 388 g/mol. The Morgan fingerprint density at radius 2 is 1.82 bits per heavy atom. The van der Waals surface area contributed by atoms with E-state index in [0.29, 0.717) is 19.3 Å². The maximum atomic E-state index is 12.6. The van der Waals surface area contributed by atoms with Crippen molar-refractivity contribution in [3.05, 3.63) is 35.9 Å². The summed E-state index contributed by atoms with van der Waals surface area (Å²) in [7, 11) is 1.25. The molecular weight excluding hydrogens is 360 g/mol. The molecular formula is C21H28N2O5. The van der Waals surface area contributed by atoms with Gasteiger partial charge in [-0.2, -0.15) is 0 Å². The Bertz CT molecular complexity index is 682. The lowest BCUT2D eigenvalue weighted by molar-refractivity contribution is -0.145. The number of ether oxygens (including phenoxy) is 2. The topological polar surface area (TPSA) is 93.7 Å². The third kappa shape index (κ3) is 8.12. The van der Waals surface area contributed by atoms with Gasteiger partial charge in [0.2, 0.25) is 5.91 Å². The summed E-state index contributed by atoms with van der Waals surface area (Å²) in [5, 5.41) is 5.19. The van der Waals surface area contributed by atoms with Crippen LogP contribution in [-0.4, -0.2) is 37.2 Å². The molecule has 2 N–H and O–H groups in total. The van der Waals surface area contributed by atoms with Crippen molar-refractivity contribution in [1.82, 2.24) is 10.6 Å². The average molecular weight is 388 g/mol. The second-order valence-corrected chi connectivity index (χ2v) is 6.61. The Morgan fingerprint density at radius 1 is 1.14 bits per heavy atom. The van der Waals surface area contributed by atoms with Gasteiger partial charge >= 0.3 is 12.1 Å². The van der Waals surface area contributed by atoms with Crippen molar-refractivity contribution in [2.45, 2.75) is 51.8 Å². The molecule has 0 saturated carbocycles. The molecule has 0 aliphatic heterocycles. The number of carbonyl (C=O) groups is 3. The molecule has 0 unspecified atom stereocenters. The van der Waals surface area contributed by atoms with E-state index in [0.717, 1.165) is 5.56 Å². The lowest BCUT2D eigenvalue weighted by Crippen LogP contribution is -2.53. The van der Waals surface area contributed by atoms with Crippen LogP contribution >= 0.6 is 0 Å². The fraction of sp³-hybridized carbons (Fsp3) is 0.476. The fourth-order valence-electron chi connectivity index (χ4n) is 2.49. The number of alkyl carbamates (subject to hydrolysis) is 1. The smallest absolute Gasteiger partial charge is 0.408 e. The number of rotatable bonds is 10. The van der Waals surface area contributed by atoms with Crippen molar-refractivity contribution >= 4 is 18.0 Å². The first kappa shape index (κ1) is 23.0. The summed E-state index contributed by atoms with van der Waals surface area (Å²) in [5.74, 6) is 1.24. The number of hydrogen-bond acceptors (Lipinski definition) is 5. The van der Waals surface area contributed by atoms with Gasteiger partial charge in [-0.15, -0.1) is 12.3 Å². The predicted molar refractivity (Wildman–Crippen MR) is 105 cm³/mol. The van der Waals surface area contributed by atoms with Crippen molar-refractivity contribution in [1.29, 1.82) is 0 Å². The number of carbonyl (C=O) groups excluding carboxylic acids is 3. The van der Waals surface area contributed by atoms with Gasteiger partial charge in [0, 0.05) is 6.42 Å². The number of methoxy groups -OCH3 is 1. The first-order chi connectivity index (χ1) is 13.4. The van der Waals surface area contributed by atoms with Gasteiger partial charge in [0.05, 0.1) is 7.11 Å². The summed E-state index contributed by atoms with van der Waals surface area (Å²) < 4.78 is 9.90. The molecule has 2 atom stereocenters. The van der Waals surface area contributed by atoms with Crippen molar-refractivity contribution < 1.29 is 23.9 Å². The molecule has 1 aromatic carbocycles. The Balaban J connectivity index is 2.66. The van der Waals surface area contributed by atoms with Crippen LogP contribution in [0.25, 0.3) is 0 Å². The number of unbranched alkanes of at least 4 members (excludes halogenated alkanes) is 1. The number of nitrogens with one attached hydrogen (secondary N) is 2. The van der Waals surface area contributed by atoms with Crippen LogP contribution in [0.5, 0.6) is 0 Å². The van der Waals surface area contributed by atoms with E-state index in [1.54, 1.807) is 13.8 Å². The quantitative estimate of drug-likeness (QED) is 0.365. The van der Waals surface area contributed by atoms with E-state index < -0.39 is 30.1 Å². The highest BCUT2D eigenvalue weighted by molar-refractivity contribution is 5.89. The first-order valence-electron chi connectivity index (χ1n) is 9.17. The van der Waals surface area contributed by atoms with Crippen molar-refractivity contribution in [2.24, 2.45) is 5.92 Å². The normalized spacial score (nSPS) is 12.4. The fourth-order valence-corrected chi connectivity index (χ4v) is 2.49. The summed E-state index contributed by atoms with van der Waals surface area (Å²) >= 11 is 0. The number of benzene rings is 1. The summed E-state index contributed by atoms with van der Waals surface area (Å²) in [4.78, 5) is 36.6. The molecule has 0 saturated heterocycles. The van der Waals surface area contributed by atoms with Crippen molar-refractivity contribution in [3.63, 3.8) is 0 Å². The molecule has 0 radical (unpaired) electrons. The van der Waals surface area contributed by atoms with E-state index in [9.17, 15) is 14.4 Å². The largest absolute Gasteiger partial charge is 0.467 e. The van der Waals surface area contributed by atoms with Crippen LogP contribution in [0, 0.1) is 18.3 Å². The average Bonchev–Trinajstić information content (AvgIpc) is 2.69. The number of esters is 1. The Labute approximate surface area is 166 Å². The van der Waals surface area contributed by atoms with Crippen LogP contribution in [0.15, 0.2) is 30.3 Å². The highest BCUT2D eigenvalue weighted by Gasteiger charge is 2.29. The maximum absolute atomic E-state index is 12.6. The second-order valence-electron chi connectivity index (χ2n) is 6.61. The zero-order valence-corrected chi connectivity index (χ0v) is 16.6. The molecule has 28 heavy (non-hydrogen) atoms. The van der Waals surface area contributed by atoms with E-state index in [1.165, 1.54) is 7.11 Å². The highest BCUT2D eigenvalue weighted by atomic mass is 16.5. The number of amides is 2. The maximum Gasteiger partial charge on any atom is 0.408 e. The molecule has 0 fully saturated rings. The number of terminal acetylenes is 1. The first-order valence-corrected chi connectivity index (χ1v) is 9.17. The zero-order chi connectivity index (χ0) is 20.9. The predicted octanol–water partition coefficient (Wildman–Crippen LogP) is 2.40. The summed E-state index contributed by atoms with van der Waals surface area (Å²) in [6.45, 7) is 3.66. The molecule has 0 bridgehead atoms. The number of hydrogen-bond donors (Lipinski definition) is 2. The van der Waals surface area contributed by atoms with Gasteiger partial charge in [-0.05, 0) is 24.3 Å². The van der Waals surface area contributed by atoms with Crippen LogP contribution in [0.2, 0.25) is 0 Å². The SMILES string of the molecule is C#CCCC[C@@H](NC(=O)[C@H](NC(=O)OCc1ccccc1)C(C)C)C(=O)OC. The third-order valence-corrected chi connectivity index (χ3v) is 4.05. The van der Waals surface area contributed by atoms with Crippen LogP contribution in [0.1, 0.15) is 38.7 Å². The molecule has 1 aromatic rings. The lowest BCUT2D eigenvalue weighted by atomic mass is 10.0. The standard InChI is InChI=1S/C21H28N2O5/c1-5-6-8-13-17(20(25)27-4)22-19(24)18(15(2)3)23-21(26)28-14-16-11-9-7-10-12-16/h1,7,9-12,15,17-18H,6,8,13-14H2,2-4H3,(H,22,24)(H,23,26)/t17-,18-/m1/s1. The van der Waals surface area contributed by atoms with Gasteiger partial charge in [0.1, 0.15) is 18.7 Å². The van der Waals surface area contributed by atoms with E-state index in [1.807, 2.05) is 30.3 Å². The Kier molecular flexibility index (Phi) is 10.2. The van der Waals surface area contributed by atoms with Gasteiger partial charge in [-0.25, -0.2) is 9.59 Å². The summed E-state index contributed by atoms with van der Waals surface area (Å²) in [6.07, 6.45) is 5.92. The lowest BCUT2D eigenvalue weighted by Gasteiger charge is -2.24. The van der Waals surface area contributed by atoms with Gasteiger partial charge in [0.15, 0.2) is 0 Å². The molecule has 0 aromatic heterocycles. The summed E-state index contributed by atoms with van der Waals surface area (Å²) in [6, 6.07) is 7.53. The minimum atomic E-state index is -0.858. The molecule has 2 amide bonds. The Hall–Kier alpha value is -3.01. The summed E-state index contributed by atoms with van der Waals surface area (Å²) in [5.41, 5.74) is 0.836. The molecule has 7 nitrogen and oxygen atoms in total. The highest BCUT2D eigenvalue weighted by Crippen LogP contribution is 2.08. The molecule has 1 rings (SSSR count). The third-order valence-electron chi connectivity index (χ3n) is 4.05. The Morgan fingerprint density at radius 3 is 2.39 bits per heavy atom. The second kappa shape index (κ2) is 12.4. The van der Waals surface area contributed by atoms with Crippen LogP contribution in [-0.2, 0) is 25.7 Å². The van der Waals surface area contributed by atoms with Gasteiger partial charge in [-0.3, -0.25) is 4.79 Å². The van der Waals surface area contributed by atoms with Crippen molar-refractivity contribution in [3.8, 4) is 12.3 Å². The molecule has 0 aliphatic rings. The van der Waals surface area contributed by atoms with Gasteiger partial charge < -0.3 is 20.1 Å². The van der Waals surface area contributed by atoms with Gasteiger partial charge in [0.25, 0.3) is 0 Å². The molecule has 152 valence electrons. The molecule has 0 spiro atoms. The minimum Gasteiger partial charge on any atom is -0.467 e. The molecule has 7 heteroatoms. The van der Waals surface area contributed by atoms with Crippen LogP contribution in [0.4, 0.5) is 4.79 Å². The van der Waals surface area contributed by atoms with E-state index in [-0.39, 0.29) is 12.5 Å². The van der Waals surface area contributed by atoms with Crippen molar-refractivity contribution in [2.75, 3.05) is 7.11 Å². The van der Waals surface area contributed by atoms with E-state index >= 15 is 0 Å². The van der Waals surface area contributed by atoms with Crippen LogP contribution < -0.4 is 10.6 Å². The van der Waals surface area contributed by atoms with Crippen LogP contribution in [0.3, 0.4) is 0 Å². The molecule has 0 heterocycles. The molecule has 0 aliphatic carbocycles. The van der Waals surface area contributed by atoms with E-state index in [4.69, 9.17) is 15.9 Å². The van der Waals surface area contributed by atoms with E-state index in [2.05, 4.69) is 16.6 Å².